The second-order valence-electron chi connectivity index (χ2n) is 24.2. The third kappa shape index (κ3) is 21.9. The first-order valence-electron chi connectivity index (χ1n) is 34.0. The Balaban J connectivity index is 0.000000193. The number of carboxylic acid groups (broad SMARTS) is 3. The number of ether oxygens (including phenoxy) is 4. The van der Waals surface area contributed by atoms with Gasteiger partial charge in [-0.1, -0.05) is 121 Å². The molecular formula is C76H88N8O17. The van der Waals surface area contributed by atoms with E-state index in [4.69, 9.17) is 18.9 Å². The Labute approximate surface area is 585 Å². The number of anilines is 3. The highest BCUT2D eigenvalue weighted by Gasteiger charge is 2.38. The van der Waals surface area contributed by atoms with Crippen LogP contribution in [0.3, 0.4) is 0 Å². The predicted octanol–water partition coefficient (Wildman–Crippen LogP) is 7.36. The molecule has 0 unspecified atom stereocenters. The van der Waals surface area contributed by atoms with Gasteiger partial charge >= 0.3 is 35.8 Å². The summed E-state index contributed by atoms with van der Waals surface area (Å²) in [5.74, 6) is -6.03. The van der Waals surface area contributed by atoms with Crippen molar-refractivity contribution in [3.05, 3.63) is 197 Å². The van der Waals surface area contributed by atoms with Crippen molar-refractivity contribution < 1.29 is 82.2 Å². The van der Waals surface area contributed by atoms with Crippen LogP contribution in [0, 0.1) is 0 Å². The van der Waals surface area contributed by atoms with Gasteiger partial charge in [-0.15, -0.1) is 0 Å². The number of rotatable bonds is 30. The zero-order chi connectivity index (χ0) is 72.2. The van der Waals surface area contributed by atoms with Gasteiger partial charge in [0.1, 0.15) is 37.8 Å². The maximum atomic E-state index is 13.4. The van der Waals surface area contributed by atoms with E-state index in [9.17, 15) is 63.3 Å². The summed E-state index contributed by atoms with van der Waals surface area (Å²) in [6.45, 7) is 5.22. The number of carbonyl (C=O) groups excluding carboxylic acids is 7. The molecule has 3 aliphatic rings. The number of nitrogens with one attached hydrogen (secondary N) is 5. The molecule has 1 aromatic heterocycles. The molecule has 7 aromatic rings. The zero-order valence-corrected chi connectivity index (χ0v) is 56.9. The minimum Gasteiger partial charge on any atom is -0.480 e. The SMILES string of the molecule is CCOC(=O)[C@@H](Cc1c[nH]c2ccccc12)N[C@H]1CCc2ccccc2N(CC(=O)O)C1=O.CCOC(=O)[C@H](CCCCNC(=O)c1ccccc1)N[C@H]1CCc2ccccc2N(CC(=O)O)C1=O.CCOC(=O)[C@H](COCc1ccccc1)N[C@H]1CCc2ccccc2N(CC(=O)O)C1=O. The number of fused-ring (bicyclic) bond motifs is 4. The van der Waals surface area contributed by atoms with Crippen molar-refractivity contribution in [1.82, 2.24) is 26.3 Å². The Morgan fingerprint density at radius 3 is 1.38 bits per heavy atom. The highest BCUT2D eigenvalue weighted by molar-refractivity contribution is 6.04. The van der Waals surface area contributed by atoms with E-state index in [2.05, 4.69) is 26.3 Å². The molecule has 0 saturated heterocycles. The fourth-order valence-electron chi connectivity index (χ4n) is 12.4. The summed E-state index contributed by atoms with van der Waals surface area (Å²) in [6, 6.07) is 43.5. The van der Waals surface area contributed by atoms with Gasteiger partial charge in [-0.25, -0.2) is 0 Å². The third-order valence-corrected chi connectivity index (χ3v) is 17.2. The van der Waals surface area contributed by atoms with Gasteiger partial charge in [0.2, 0.25) is 17.7 Å². The first-order valence-corrected chi connectivity index (χ1v) is 34.0. The standard InChI is InChI=1S/C27H33N3O6.C25H27N3O5.C24H28N2O6/c1-2-36-27(35)22(13-8-9-17-28-25(33)20-11-4-3-5-12-20)29-21-16-15-19-10-6-7-14-23(19)30(26(21)34)18-24(31)32;1-2-33-25(32)21(13-17-14-26-19-9-5-4-8-18(17)19)27-20-12-11-16-7-3-6-10-22(16)28(24(20)31)15-23(29)30;1-2-32-24(30)20(16-31-15-17-8-4-3-5-9-17)25-19-13-12-18-10-6-7-11-21(18)26(23(19)29)14-22(27)28/h3-7,10-12,14,21-22,29H,2,8-9,13,15-18H2,1H3,(H,28,33)(H,31,32);3-10,14,20-21,26-27H,2,11-13,15H2,1H3,(H,29,30);3-11,19-20,25H,2,12-16H2,1H3,(H,27,28)/t21-,22-;20-,21+;19-,20-/m000/s1. The lowest BCUT2D eigenvalue weighted by molar-refractivity contribution is -0.148. The average Bonchev–Trinajstić information content (AvgIpc) is 1.73. The maximum absolute atomic E-state index is 13.4. The van der Waals surface area contributed by atoms with Gasteiger partial charge in [0.25, 0.3) is 5.91 Å². The van der Waals surface area contributed by atoms with Gasteiger partial charge in [-0.3, -0.25) is 78.6 Å². The molecule has 0 radical (unpaired) electrons. The molecule has 10 rings (SSSR count). The number of aliphatic carboxylic acids is 3. The first-order chi connectivity index (χ1) is 48.9. The van der Waals surface area contributed by atoms with E-state index in [0.717, 1.165) is 38.7 Å². The number of hydrogen-bond acceptors (Lipinski definition) is 17. The van der Waals surface area contributed by atoms with Crippen LogP contribution in [0.4, 0.5) is 17.1 Å². The summed E-state index contributed by atoms with van der Waals surface area (Å²) in [6.07, 6.45) is 6.86. The Hall–Kier alpha value is -10.6. The molecule has 101 heavy (non-hydrogen) atoms. The van der Waals surface area contributed by atoms with Crippen LogP contribution in [0.1, 0.15) is 97.5 Å². The number of aryl methyl sites for hydroxylation is 3. The number of para-hydroxylation sites is 4. The van der Waals surface area contributed by atoms with Gasteiger partial charge < -0.3 is 44.6 Å². The summed E-state index contributed by atoms with van der Waals surface area (Å²) in [7, 11) is 0. The van der Waals surface area contributed by atoms with E-state index in [1.807, 2.05) is 103 Å². The zero-order valence-electron chi connectivity index (χ0n) is 56.9. The molecule has 0 bridgehead atoms. The van der Waals surface area contributed by atoms with Crippen molar-refractivity contribution >= 4 is 87.4 Å². The van der Waals surface area contributed by atoms with E-state index in [0.29, 0.717) is 100.0 Å². The Bertz CT molecular complexity index is 3960. The lowest BCUT2D eigenvalue weighted by atomic mass is 10.0. The monoisotopic (exact) mass is 1380 g/mol. The summed E-state index contributed by atoms with van der Waals surface area (Å²) in [4.78, 5) is 132. The molecule has 0 spiro atoms. The van der Waals surface area contributed by atoms with E-state index < -0.39 is 97.6 Å². The second kappa shape index (κ2) is 38.7. The number of carboxylic acids is 3. The van der Waals surface area contributed by atoms with Crippen LogP contribution in [0.2, 0.25) is 0 Å². The van der Waals surface area contributed by atoms with E-state index in [-0.39, 0.29) is 44.1 Å². The molecule has 0 fully saturated rings. The number of amides is 4. The number of aromatic nitrogens is 1. The van der Waals surface area contributed by atoms with Crippen LogP contribution >= 0.6 is 0 Å². The number of aromatic amines is 1. The number of esters is 3. The van der Waals surface area contributed by atoms with Crippen LogP contribution in [0.5, 0.6) is 0 Å². The molecule has 3 aliphatic heterocycles. The number of H-pyrrole nitrogens is 1. The summed E-state index contributed by atoms with van der Waals surface area (Å²) < 4.78 is 21.4. The molecule has 25 nitrogen and oxygen atoms in total. The normalized spacial score (nSPS) is 16.5. The summed E-state index contributed by atoms with van der Waals surface area (Å²) >= 11 is 0. The molecule has 8 N–H and O–H groups in total. The first kappa shape index (κ1) is 76.2. The highest BCUT2D eigenvalue weighted by Crippen LogP contribution is 2.31. The van der Waals surface area contributed by atoms with E-state index in [1.54, 1.807) is 81.4 Å². The van der Waals surface area contributed by atoms with Crippen LogP contribution in [-0.4, -0.2) is 169 Å². The van der Waals surface area contributed by atoms with Crippen molar-refractivity contribution in [2.24, 2.45) is 0 Å². The van der Waals surface area contributed by atoms with Gasteiger partial charge in [0.05, 0.1) is 51.2 Å². The minimum atomic E-state index is -1.11. The number of unbranched alkanes of at least 4 members (excludes halogenated alkanes) is 1. The highest BCUT2D eigenvalue weighted by atomic mass is 16.5. The van der Waals surface area contributed by atoms with Crippen molar-refractivity contribution in [3.63, 3.8) is 0 Å². The lowest BCUT2D eigenvalue weighted by Crippen LogP contribution is -2.54. The van der Waals surface area contributed by atoms with Crippen molar-refractivity contribution in [1.29, 1.82) is 0 Å². The molecule has 534 valence electrons. The largest absolute Gasteiger partial charge is 0.480 e. The van der Waals surface area contributed by atoms with Crippen LogP contribution in [-0.2, 0) is 94.4 Å². The number of benzene rings is 6. The Kier molecular flexibility index (Phi) is 29.2. The molecule has 0 saturated carbocycles. The Morgan fingerprint density at radius 2 is 0.901 bits per heavy atom. The topological polar surface area (TPSA) is 342 Å². The fraction of sp³-hybridized carbons (Fsp3) is 0.368. The second-order valence-corrected chi connectivity index (χ2v) is 24.2. The van der Waals surface area contributed by atoms with Crippen molar-refractivity contribution in [2.45, 2.75) is 128 Å². The number of hydrogen-bond donors (Lipinski definition) is 8. The fourth-order valence-corrected chi connectivity index (χ4v) is 12.4. The van der Waals surface area contributed by atoms with Crippen molar-refractivity contribution in [3.8, 4) is 0 Å². The smallest absolute Gasteiger partial charge is 0.325 e. The summed E-state index contributed by atoms with van der Waals surface area (Å²) in [5.41, 5.74) is 7.88. The quantitative estimate of drug-likeness (QED) is 0.0124. The van der Waals surface area contributed by atoms with Crippen LogP contribution in [0.15, 0.2) is 164 Å². The number of nitrogens with zero attached hydrogens (tertiary/aromatic N) is 3. The molecule has 25 heteroatoms. The molecule has 0 aliphatic carbocycles. The molecule has 6 aromatic carbocycles. The van der Waals surface area contributed by atoms with Gasteiger partial charge in [0, 0.05) is 52.7 Å². The number of carbonyl (C=O) groups is 10. The molecule has 4 amide bonds. The van der Waals surface area contributed by atoms with Crippen LogP contribution in [0.25, 0.3) is 10.9 Å². The Morgan fingerprint density at radius 1 is 0.495 bits per heavy atom. The molecular weight excluding hydrogens is 1300 g/mol. The van der Waals surface area contributed by atoms with Crippen molar-refractivity contribution in [2.75, 3.05) is 67.3 Å². The van der Waals surface area contributed by atoms with E-state index >= 15 is 0 Å². The molecule has 6 atom stereocenters. The molecule has 4 heterocycles. The van der Waals surface area contributed by atoms with E-state index in [1.165, 1.54) is 14.7 Å². The maximum Gasteiger partial charge on any atom is 0.325 e. The average molecular weight is 1390 g/mol. The minimum absolute atomic E-state index is 0.0172. The lowest BCUT2D eigenvalue weighted by Gasteiger charge is -2.27. The van der Waals surface area contributed by atoms with Gasteiger partial charge in [-0.2, -0.15) is 0 Å². The predicted molar refractivity (Wildman–Crippen MR) is 377 cm³/mol. The van der Waals surface area contributed by atoms with Crippen LogP contribution < -0.4 is 36.0 Å². The third-order valence-electron chi connectivity index (χ3n) is 17.2. The summed E-state index contributed by atoms with van der Waals surface area (Å²) in [5, 5.41) is 41.4. The van der Waals surface area contributed by atoms with Gasteiger partial charge in [-0.05, 0) is 143 Å². The van der Waals surface area contributed by atoms with Gasteiger partial charge in [0.15, 0.2) is 0 Å².